The number of thioether (sulfide) groups is 1. The van der Waals surface area contributed by atoms with Gasteiger partial charge in [0.2, 0.25) is 0 Å². The Morgan fingerprint density at radius 3 is 2.65 bits per heavy atom. The highest BCUT2D eigenvalue weighted by Crippen LogP contribution is 2.40. The van der Waals surface area contributed by atoms with Crippen LogP contribution in [0.5, 0.6) is 5.75 Å². The molecular weight excluding hydrogens is 454 g/mol. The van der Waals surface area contributed by atoms with Gasteiger partial charge in [0.25, 0.3) is 5.91 Å². The Bertz CT molecular complexity index is 1280. The summed E-state index contributed by atoms with van der Waals surface area (Å²) in [6.07, 6.45) is 1.49. The normalized spacial score (nSPS) is 17.0. The molecular formula is C25H22N3O5S+. The number of hydrogen-bond acceptors (Lipinski definition) is 6. The fourth-order valence-electron chi connectivity index (χ4n) is 4.05. The second kappa shape index (κ2) is 9.18. The van der Waals surface area contributed by atoms with Crippen molar-refractivity contribution in [2.45, 2.75) is 23.6 Å². The van der Waals surface area contributed by atoms with E-state index in [2.05, 4.69) is 5.32 Å². The zero-order valence-corrected chi connectivity index (χ0v) is 19.2. The fourth-order valence-corrected chi connectivity index (χ4v) is 5.35. The Kier molecular flexibility index (Phi) is 5.93. The first-order chi connectivity index (χ1) is 16.5. The largest absolute Gasteiger partial charge is 0.501 e. The minimum Gasteiger partial charge on any atom is -0.494 e. The second-order valence-corrected chi connectivity index (χ2v) is 8.90. The molecule has 172 valence electrons. The number of furan rings is 1. The van der Waals surface area contributed by atoms with Crippen molar-refractivity contribution in [2.75, 3.05) is 18.5 Å². The van der Waals surface area contributed by atoms with Crippen LogP contribution in [0.15, 0.2) is 76.2 Å². The maximum Gasteiger partial charge on any atom is 0.501 e. The van der Waals surface area contributed by atoms with E-state index >= 15 is 0 Å². The SMILES string of the molecule is CCOc1ccc(NC(=O)C[N+]2=C3c4ccccc4SC3C(=O)N(Cc3ccco3)C2=O)cc1. The summed E-state index contributed by atoms with van der Waals surface area (Å²) < 4.78 is 12.2. The standard InChI is InChI=1S/C25H21N3O5S/c1-2-32-17-11-9-16(10-12-17)26-21(29)15-27-22-19-7-3-4-8-20(19)34-23(22)24(30)28(25(27)31)14-18-6-5-13-33-18/h3-13,23H,2,14-15H2,1H3/p+1. The molecule has 0 bridgehead atoms. The second-order valence-electron chi connectivity index (χ2n) is 7.76. The van der Waals surface area contributed by atoms with Crippen LogP contribution in [0.25, 0.3) is 0 Å². The van der Waals surface area contributed by atoms with E-state index in [4.69, 9.17) is 9.15 Å². The van der Waals surface area contributed by atoms with Crippen molar-refractivity contribution < 1.29 is 28.1 Å². The van der Waals surface area contributed by atoms with E-state index in [0.29, 0.717) is 29.5 Å². The minimum absolute atomic E-state index is 0.00234. The third-order valence-electron chi connectivity index (χ3n) is 5.54. The number of hydrogen-bond donors (Lipinski definition) is 1. The third kappa shape index (κ3) is 4.10. The molecule has 3 aromatic rings. The molecule has 4 amide bonds. The molecule has 1 atom stereocenters. The molecule has 1 unspecified atom stereocenters. The molecule has 0 spiro atoms. The summed E-state index contributed by atoms with van der Waals surface area (Å²) in [6.45, 7) is 2.22. The molecule has 0 saturated heterocycles. The summed E-state index contributed by atoms with van der Waals surface area (Å²) in [7, 11) is 0. The molecule has 1 aromatic heterocycles. The van der Waals surface area contributed by atoms with E-state index in [1.54, 1.807) is 36.4 Å². The maximum absolute atomic E-state index is 13.5. The van der Waals surface area contributed by atoms with Crippen molar-refractivity contribution in [3.63, 3.8) is 0 Å². The summed E-state index contributed by atoms with van der Waals surface area (Å²) in [5.74, 6) is 0.507. The Morgan fingerprint density at radius 2 is 1.91 bits per heavy atom. The molecule has 0 aliphatic carbocycles. The lowest BCUT2D eigenvalue weighted by molar-refractivity contribution is -0.426. The van der Waals surface area contributed by atoms with Crippen molar-refractivity contribution in [3.05, 3.63) is 78.3 Å². The number of anilines is 1. The predicted octanol–water partition coefficient (Wildman–Crippen LogP) is 3.76. The lowest BCUT2D eigenvalue weighted by Crippen LogP contribution is -2.56. The van der Waals surface area contributed by atoms with Gasteiger partial charge >= 0.3 is 11.9 Å². The third-order valence-corrected chi connectivity index (χ3v) is 6.81. The molecule has 2 aliphatic rings. The lowest BCUT2D eigenvalue weighted by atomic mass is 10.0. The molecule has 34 heavy (non-hydrogen) atoms. The molecule has 9 heteroatoms. The number of carbonyl (C=O) groups excluding carboxylic acids is 3. The van der Waals surface area contributed by atoms with E-state index < -0.39 is 11.3 Å². The highest BCUT2D eigenvalue weighted by molar-refractivity contribution is 8.02. The van der Waals surface area contributed by atoms with Crippen LogP contribution >= 0.6 is 11.8 Å². The number of rotatable bonds is 7. The smallest absolute Gasteiger partial charge is 0.494 e. The predicted molar refractivity (Wildman–Crippen MR) is 126 cm³/mol. The van der Waals surface area contributed by atoms with Crippen molar-refractivity contribution in [2.24, 2.45) is 0 Å². The van der Waals surface area contributed by atoms with Crippen LogP contribution in [0.4, 0.5) is 10.5 Å². The first-order valence-corrected chi connectivity index (χ1v) is 11.7. The fraction of sp³-hybridized carbons (Fsp3) is 0.200. The van der Waals surface area contributed by atoms with Crippen molar-refractivity contribution in [3.8, 4) is 5.75 Å². The summed E-state index contributed by atoms with van der Waals surface area (Å²) in [5, 5.41) is 2.22. The molecule has 0 fully saturated rings. The van der Waals surface area contributed by atoms with E-state index in [-0.39, 0.29) is 24.9 Å². The Balaban J connectivity index is 1.45. The molecule has 2 aromatic carbocycles. The summed E-state index contributed by atoms with van der Waals surface area (Å²) >= 11 is 1.39. The van der Waals surface area contributed by atoms with Crippen LogP contribution in [0.1, 0.15) is 18.2 Å². The summed E-state index contributed by atoms with van der Waals surface area (Å²) in [4.78, 5) is 41.8. The average Bonchev–Trinajstić information content (AvgIpc) is 3.49. The zero-order valence-electron chi connectivity index (χ0n) is 18.4. The van der Waals surface area contributed by atoms with E-state index in [1.165, 1.54) is 22.6 Å². The van der Waals surface area contributed by atoms with Gasteiger partial charge < -0.3 is 14.5 Å². The summed E-state index contributed by atoms with van der Waals surface area (Å²) in [6, 6.07) is 17.4. The number of amides is 4. The van der Waals surface area contributed by atoms with Gasteiger partial charge in [-0.1, -0.05) is 12.1 Å². The van der Waals surface area contributed by atoms with Gasteiger partial charge in [0.15, 0.2) is 18.3 Å². The molecule has 1 N–H and O–H groups in total. The van der Waals surface area contributed by atoms with Crippen molar-refractivity contribution >= 4 is 41.0 Å². The van der Waals surface area contributed by atoms with Gasteiger partial charge in [0.1, 0.15) is 17.2 Å². The van der Waals surface area contributed by atoms with Crippen LogP contribution in [0.3, 0.4) is 0 Å². The minimum atomic E-state index is -0.608. The van der Waals surface area contributed by atoms with E-state index in [0.717, 1.165) is 15.4 Å². The highest BCUT2D eigenvalue weighted by Gasteiger charge is 2.53. The van der Waals surface area contributed by atoms with Gasteiger partial charge in [0.05, 0.1) is 12.9 Å². The molecule has 8 nitrogen and oxygen atoms in total. The maximum atomic E-state index is 13.5. The van der Waals surface area contributed by atoms with Crippen LogP contribution < -0.4 is 10.1 Å². The topological polar surface area (TPSA) is 91.9 Å². The van der Waals surface area contributed by atoms with Gasteiger partial charge in [-0.15, -0.1) is 11.8 Å². The number of urea groups is 1. The highest BCUT2D eigenvalue weighted by atomic mass is 32.2. The van der Waals surface area contributed by atoms with Crippen LogP contribution in [-0.4, -0.2) is 51.4 Å². The van der Waals surface area contributed by atoms with Gasteiger partial charge in [-0.25, -0.2) is 4.79 Å². The Labute approximate surface area is 200 Å². The molecule has 2 aliphatic heterocycles. The Hall–Kier alpha value is -3.85. The van der Waals surface area contributed by atoms with Crippen molar-refractivity contribution in [1.29, 1.82) is 0 Å². The molecule has 5 rings (SSSR count). The van der Waals surface area contributed by atoms with Gasteiger partial charge in [-0.3, -0.25) is 4.79 Å². The number of imide groups is 1. The van der Waals surface area contributed by atoms with Crippen molar-refractivity contribution in [1.82, 2.24) is 4.90 Å². The number of carbonyl (C=O) groups is 3. The van der Waals surface area contributed by atoms with E-state index in [1.807, 2.05) is 31.2 Å². The van der Waals surface area contributed by atoms with Gasteiger partial charge in [-0.05, 0) is 55.5 Å². The first-order valence-electron chi connectivity index (χ1n) is 10.9. The number of ether oxygens (including phenoxy) is 1. The van der Waals surface area contributed by atoms with Crippen LogP contribution in [-0.2, 0) is 16.1 Å². The lowest BCUT2D eigenvalue weighted by Gasteiger charge is -2.24. The number of nitrogens with zero attached hydrogens (tertiary/aromatic N) is 2. The first kappa shape index (κ1) is 22.0. The van der Waals surface area contributed by atoms with E-state index in [9.17, 15) is 14.4 Å². The van der Waals surface area contributed by atoms with Gasteiger partial charge in [-0.2, -0.15) is 14.3 Å². The monoisotopic (exact) mass is 476 g/mol. The zero-order chi connectivity index (χ0) is 23.7. The molecule has 0 radical (unpaired) electrons. The molecule has 0 saturated carbocycles. The average molecular weight is 477 g/mol. The number of nitrogens with one attached hydrogen (secondary N) is 1. The van der Waals surface area contributed by atoms with Crippen LogP contribution in [0.2, 0.25) is 0 Å². The van der Waals surface area contributed by atoms with Gasteiger partial charge in [0, 0.05) is 16.1 Å². The number of fused-ring (bicyclic) bond motifs is 3. The number of benzene rings is 2. The van der Waals surface area contributed by atoms with Crippen LogP contribution in [0, 0.1) is 0 Å². The summed E-state index contributed by atoms with van der Waals surface area (Å²) in [5.41, 5.74) is 1.93. The molecule has 3 heterocycles. The quantitative estimate of drug-likeness (QED) is 0.522. The Morgan fingerprint density at radius 1 is 1.12 bits per heavy atom.